The van der Waals surface area contributed by atoms with Crippen molar-refractivity contribution in [1.82, 2.24) is 20.1 Å². The van der Waals surface area contributed by atoms with Gasteiger partial charge in [0.25, 0.3) is 5.56 Å². The number of nitrogens with one attached hydrogen (secondary N) is 2. The summed E-state index contributed by atoms with van der Waals surface area (Å²) in [6.07, 6.45) is 3.64. The van der Waals surface area contributed by atoms with Gasteiger partial charge in [-0.1, -0.05) is 11.6 Å². The minimum absolute atomic E-state index is 0.0493. The Bertz CT molecular complexity index is 876. The molecule has 0 saturated carbocycles. The Morgan fingerprint density at radius 2 is 2.05 bits per heavy atom. The number of piperidine rings is 1. The van der Waals surface area contributed by atoms with Gasteiger partial charge in [-0.25, -0.2) is 4.68 Å². The van der Waals surface area contributed by atoms with Crippen LogP contribution in [0, 0.1) is 0 Å². The van der Waals surface area contributed by atoms with E-state index >= 15 is 0 Å². The predicted molar refractivity (Wildman–Crippen MR) is 84.0 cm³/mol. The molecule has 1 saturated heterocycles. The summed E-state index contributed by atoms with van der Waals surface area (Å²) in [5.41, 5.74) is 1.48. The Hall–Kier alpha value is -1.85. The van der Waals surface area contributed by atoms with Gasteiger partial charge in [0, 0.05) is 21.3 Å². The smallest absolute Gasteiger partial charge is 0.291 e. The highest BCUT2D eigenvalue weighted by atomic mass is 35.5. The molecular weight excluding hydrogens is 288 g/mol. The molecule has 0 bridgehead atoms. The highest BCUT2D eigenvalue weighted by molar-refractivity contribution is 6.31. The molecule has 2 N–H and O–H groups in total. The van der Waals surface area contributed by atoms with E-state index in [9.17, 15) is 4.79 Å². The fourth-order valence-corrected chi connectivity index (χ4v) is 3.26. The lowest BCUT2D eigenvalue weighted by atomic mass is 10.1. The number of fused-ring (bicyclic) bond motifs is 3. The van der Waals surface area contributed by atoms with E-state index in [2.05, 4.69) is 15.4 Å². The average Bonchev–Trinajstić information content (AvgIpc) is 2.87. The summed E-state index contributed by atoms with van der Waals surface area (Å²) in [6, 6.07) is 5.76. The van der Waals surface area contributed by atoms with E-state index in [-0.39, 0.29) is 11.6 Å². The molecule has 4 rings (SSSR count). The highest BCUT2D eigenvalue weighted by Gasteiger charge is 2.19. The van der Waals surface area contributed by atoms with Crippen LogP contribution < -0.4 is 10.9 Å². The summed E-state index contributed by atoms with van der Waals surface area (Å²) in [7, 11) is 0. The van der Waals surface area contributed by atoms with Gasteiger partial charge in [-0.3, -0.25) is 4.79 Å². The van der Waals surface area contributed by atoms with Gasteiger partial charge < -0.3 is 10.3 Å². The zero-order chi connectivity index (χ0) is 14.4. The molecular formula is C15H15ClN4O. The number of nitrogens with zero attached hydrogens (tertiary/aromatic N) is 2. The molecule has 6 heteroatoms. The van der Waals surface area contributed by atoms with Crippen LogP contribution in [0.5, 0.6) is 0 Å². The standard InChI is InChI=1S/C15H15ClN4O/c16-9-1-2-13-11(7-9)12-8-18-20(15(21)14(12)19-13)10-3-5-17-6-4-10/h1-2,7-8,10,17,19H,3-6H2. The van der Waals surface area contributed by atoms with E-state index in [1.54, 1.807) is 10.9 Å². The van der Waals surface area contributed by atoms with Gasteiger partial charge in [0.1, 0.15) is 5.52 Å². The fourth-order valence-electron chi connectivity index (χ4n) is 3.09. The largest absolute Gasteiger partial charge is 0.350 e. The number of aromatic nitrogens is 3. The second kappa shape index (κ2) is 4.86. The summed E-state index contributed by atoms with van der Waals surface area (Å²) in [5, 5.41) is 10.1. The summed E-state index contributed by atoms with van der Waals surface area (Å²) < 4.78 is 1.63. The van der Waals surface area contributed by atoms with Gasteiger partial charge >= 0.3 is 0 Å². The lowest BCUT2D eigenvalue weighted by molar-refractivity contribution is 0.333. The van der Waals surface area contributed by atoms with Crippen molar-refractivity contribution in [3.63, 3.8) is 0 Å². The maximum atomic E-state index is 12.7. The van der Waals surface area contributed by atoms with Gasteiger partial charge in [0.2, 0.25) is 0 Å². The van der Waals surface area contributed by atoms with Crippen molar-refractivity contribution < 1.29 is 0 Å². The van der Waals surface area contributed by atoms with Crippen LogP contribution in [-0.2, 0) is 0 Å². The van der Waals surface area contributed by atoms with Gasteiger partial charge in [-0.2, -0.15) is 5.10 Å². The number of halogens is 1. The van der Waals surface area contributed by atoms with Crippen molar-refractivity contribution in [2.45, 2.75) is 18.9 Å². The van der Waals surface area contributed by atoms with E-state index in [0.29, 0.717) is 10.5 Å². The molecule has 108 valence electrons. The molecule has 1 aliphatic rings. The molecule has 0 aliphatic carbocycles. The van der Waals surface area contributed by atoms with Crippen LogP contribution in [0.1, 0.15) is 18.9 Å². The number of hydrogen-bond acceptors (Lipinski definition) is 3. The van der Waals surface area contributed by atoms with Crippen LogP contribution in [0.2, 0.25) is 5.02 Å². The number of H-pyrrole nitrogens is 1. The lowest BCUT2D eigenvalue weighted by Gasteiger charge is -2.23. The molecule has 21 heavy (non-hydrogen) atoms. The zero-order valence-electron chi connectivity index (χ0n) is 11.4. The van der Waals surface area contributed by atoms with Gasteiger partial charge in [-0.15, -0.1) is 0 Å². The van der Waals surface area contributed by atoms with Crippen LogP contribution >= 0.6 is 11.6 Å². The fraction of sp³-hybridized carbons (Fsp3) is 0.333. The molecule has 1 fully saturated rings. The van der Waals surface area contributed by atoms with E-state index in [1.807, 2.05) is 18.2 Å². The van der Waals surface area contributed by atoms with Crippen LogP contribution in [-0.4, -0.2) is 27.9 Å². The molecule has 0 unspecified atom stereocenters. The molecule has 1 aromatic carbocycles. The van der Waals surface area contributed by atoms with E-state index in [4.69, 9.17) is 11.6 Å². The van der Waals surface area contributed by atoms with Gasteiger partial charge in [0.05, 0.1) is 12.2 Å². The first-order chi connectivity index (χ1) is 10.2. The van der Waals surface area contributed by atoms with Crippen molar-refractivity contribution in [2.75, 3.05) is 13.1 Å². The van der Waals surface area contributed by atoms with Crippen LogP contribution in [0.4, 0.5) is 0 Å². The van der Waals surface area contributed by atoms with E-state index in [0.717, 1.165) is 42.2 Å². The Morgan fingerprint density at radius 1 is 1.24 bits per heavy atom. The van der Waals surface area contributed by atoms with Crippen LogP contribution in [0.3, 0.4) is 0 Å². The maximum Gasteiger partial charge on any atom is 0.291 e. The molecule has 1 aliphatic heterocycles. The Balaban J connectivity index is 1.94. The topological polar surface area (TPSA) is 62.7 Å². The first-order valence-electron chi connectivity index (χ1n) is 7.13. The van der Waals surface area contributed by atoms with E-state index in [1.165, 1.54) is 0 Å². The van der Waals surface area contributed by atoms with Gasteiger partial charge in [-0.05, 0) is 44.1 Å². The molecule has 0 amide bonds. The molecule has 3 heterocycles. The molecule has 5 nitrogen and oxygen atoms in total. The van der Waals surface area contributed by atoms with Crippen LogP contribution in [0.15, 0.2) is 29.2 Å². The monoisotopic (exact) mass is 302 g/mol. The summed E-state index contributed by atoms with van der Waals surface area (Å²) in [4.78, 5) is 15.9. The number of aromatic amines is 1. The molecule has 3 aromatic rings. The molecule has 0 radical (unpaired) electrons. The minimum Gasteiger partial charge on any atom is -0.350 e. The Morgan fingerprint density at radius 3 is 2.86 bits per heavy atom. The molecule has 2 aromatic heterocycles. The first kappa shape index (κ1) is 12.9. The van der Waals surface area contributed by atoms with Gasteiger partial charge in [0.15, 0.2) is 0 Å². The first-order valence-corrected chi connectivity index (χ1v) is 7.51. The summed E-state index contributed by atoms with van der Waals surface area (Å²) in [6.45, 7) is 1.86. The second-order valence-corrected chi connectivity index (χ2v) is 5.92. The minimum atomic E-state index is -0.0493. The van der Waals surface area contributed by atoms with Crippen molar-refractivity contribution in [3.8, 4) is 0 Å². The Labute approximate surface area is 125 Å². The third-order valence-corrected chi connectivity index (χ3v) is 4.42. The number of rotatable bonds is 1. The average molecular weight is 303 g/mol. The van der Waals surface area contributed by atoms with Crippen molar-refractivity contribution in [1.29, 1.82) is 0 Å². The summed E-state index contributed by atoms with van der Waals surface area (Å²) in [5.74, 6) is 0. The highest BCUT2D eigenvalue weighted by Crippen LogP contribution is 2.26. The van der Waals surface area contributed by atoms with E-state index < -0.39 is 0 Å². The predicted octanol–water partition coefficient (Wildman–Crippen LogP) is 2.46. The van der Waals surface area contributed by atoms with Crippen molar-refractivity contribution in [2.24, 2.45) is 0 Å². The van der Waals surface area contributed by atoms with Crippen LogP contribution in [0.25, 0.3) is 21.8 Å². The third kappa shape index (κ3) is 2.04. The maximum absolute atomic E-state index is 12.7. The zero-order valence-corrected chi connectivity index (χ0v) is 12.2. The second-order valence-electron chi connectivity index (χ2n) is 5.48. The quantitative estimate of drug-likeness (QED) is 0.726. The van der Waals surface area contributed by atoms with Crippen molar-refractivity contribution >= 4 is 33.4 Å². The molecule has 0 atom stereocenters. The third-order valence-electron chi connectivity index (χ3n) is 4.19. The number of hydrogen-bond donors (Lipinski definition) is 2. The SMILES string of the molecule is O=c1c2[nH]c3ccc(Cl)cc3c2cnn1C1CCNCC1. The molecule has 0 spiro atoms. The Kier molecular flexibility index (Phi) is 2.97. The lowest BCUT2D eigenvalue weighted by Crippen LogP contribution is -2.35. The normalized spacial score (nSPS) is 16.8. The summed E-state index contributed by atoms with van der Waals surface area (Å²) >= 11 is 6.04. The van der Waals surface area contributed by atoms with Crippen molar-refractivity contribution in [3.05, 3.63) is 39.8 Å². The number of benzene rings is 1.